The number of nitrogens with one attached hydrogen (secondary N) is 1. The fourth-order valence-corrected chi connectivity index (χ4v) is 4.09. The standard InChI is InChI=1S/C20H20N2O2/c1-2-13-10-11-18-17(12-13)14-7-5-8-15(14)20(21-18)16-6-3-4-9-19(16)22(23)24/h3-7,9-12,14-15,20-21H,2,8H2,1H3/t14-,15+,20-/m1/s1. The largest absolute Gasteiger partial charge is 0.377 e. The highest BCUT2D eigenvalue weighted by Crippen LogP contribution is 2.51. The van der Waals surface area contributed by atoms with Gasteiger partial charge in [0.2, 0.25) is 0 Å². The van der Waals surface area contributed by atoms with Gasteiger partial charge in [0.05, 0.1) is 16.5 Å². The van der Waals surface area contributed by atoms with E-state index in [9.17, 15) is 10.1 Å². The maximum atomic E-state index is 11.4. The van der Waals surface area contributed by atoms with Crippen molar-refractivity contribution in [3.8, 4) is 0 Å². The second-order valence-corrected chi connectivity index (χ2v) is 6.57. The SMILES string of the molecule is CCc1ccc2c(c1)[C@@H]1C=CC[C@@H]1[C@H](c1ccccc1[N+](=O)[O-])N2. The summed E-state index contributed by atoms with van der Waals surface area (Å²) in [5.74, 6) is 0.656. The topological polar surface area (TPSA) is 55.2 Å². The summed E-state index contributed by atoms with van der Waals surface area (Å²) in [5.41, 5.74) is 4.74. The van der Waals surface area contributed by atoms with Gasteiger partial charge in [0, 0.05) is 17.7 Å². The highest BCUT2D eigenvalue weighted by atomic mass is 16.6. The fourth-order valence-electron chi connectivity index (χ4n) is 4.09. The molecule has 1 aliphatic heterocycles. The van der Waals surface area contributed by atoms with Gasteiger partial charge in [0.15, 0.2) is 0 Å². The minimum atomic E-state index is -0.274. The van der Waals surface area contributed by atoms with Gasteiger partial charge in [-0.2, -0.15) is 0 Å². The van der Waals surface area contributed by atoms with Gasteiger partial charge in [-0.15, -0.1) is 0 Å². The van der Waals surface area contributed by atoms with Crippen LogP contribution in [0.4, 0.5) is 11.4 Å². The van der Waals surface area contributed by atoms with Crippen LogP contribution < -0.4 is 5.32 Å². The Morgan fingerprint density at radius 2 is 2.04 bits per heavy atom. The van der Waals surface area contributed by atoms with Crippen LogP contribution in [0.3, 0.4) is 0 Å². The van der Waals surface area contributed by atoms with Gasteiger partial charge in [0.25, 0.3) is 5.69 Å². The van der Waals surface area contributed by atoms with Gasteiger partial charge in [-0.05, 0) is 36.0 Å². The average Bonchev–Trinajstić information content (AvgIpc) is 3.10. The van der Waals surface area contributed by atoms with E-state index in [2.05, 4.69) is 42.6 Å². The van der Waals surface area contributed by atoms with Crippen LogP contribution in [-0.2, 0) is 6.42 Å². The number of nitro groups is 1. The molecule has 1 N–H and O–H groups in total. The maximum absolute atomic E-state index is 11.4. The van der Waals surface area contributed by atoms with Gasteiger partial charge >= 0.3 is 0 Å². The van der Waals surface area contributed by atoms with E-state index in [1.807, 2.05) is 12.1 Å². The summed E-state index contributed by atoms with van der Waals surface area (Å²) >= 11 is 0. The van der Waals surface area contributed by atoms with E-state index in [0.717, 1.165) is 24.1 Å². The van der Waals surface area contributed by atoms with Gasteiger partial charge in [-0.25, -0.2) is 0 Å². The van der Waals surface area contributed by atoms with Gasteiger partial charge < -0.3 is 5.32 Å². The lowest BCUT2D eigenvalue weighted by Gasteiger charge is -2.37. The lowest BCUT2D eigenvalue weighted by Crippen LogP contribution is -2.29. The zero-order valence-electron chi connectivity index (χ0n) is 13.6. The summed E-state index contributed by atoms with van der Waals surface area (Å²) in [5, 5.41) is 15.0. The summed E-state index contributed by atoms with van der Waals surface area (Å²) in [6.45, 7) is 2.16. The number of fused-ring (bicyclic) bond motifs is 3. The molecular formula is C20H20N2O2. The molecule has 0 saturated carbocycles. The van der Waals surface area contributed by atoms with Crippen LogP contribution in [0.15, 0.2) is 54.6 Å². The second kappa shape index (κ2) is 5.78. The Morgan fingerprint density at radius 1 is 1.21 bits per heavy atom. The highest BCUT2D eigenvalue weighted by Gasteiger charge is 2.40. The van der Waals surface area contributed by atoms with Crippen LogP contribution in [0.2, 0.25) is 0 Å². The molecule has 0 amide bonds. The summed E-state index contributed by atoms with van der Waals surface area (Å²) < 4.78 is 0. The fraction of sp³-hybridized carbons (Fsp3) is 0.300. The van der Waals surface area contributed by atoms with Crippen molar-refractivity contribution < 1.29 is 4.92 Å². The third kappa shape index (κ3) is 2.30. The molecule has 24 heavy (non-hydrogen) atoms. The van der Waals surface area contributed by atoms with Crippen molar-refractivity contribution >= 4 is 11.4 Å². The molecule has 0 bridgehead atoms. The minimum Gasteiger partial charge on any atom is -0.377 e. The number of nitrogens with zero attached hydrogens (tertiary/aromatic N) is 1. The molecule has 0 fully saturated rings. The number of nitro benzene ring substituents is 1. The lowest BCUT2D eigenvalue weighted by atomic mass is 9.76. The molecule has 2 aromatic carbocycles. The van der Waals surface area contributed by atoms with E-state index in [-0.39, 0.29) is 16.7 Å². The Bertz CT molecular complexity index is 828. The smallest absolute Gasteiger partial charge is 0.274 e. The average molecular weight is 320 g/mol. The third-order valence-electron chi connectivity index (χ3n) is 5.30. The molecule has 4 heteroatoms. The van der Waals surface area contributed by atoms with E-state index in [4.69, 9.17) is 0 Å². The second-order valence-electron chi connectivity index (χ2n) is 6.57. The highest BCUT2D eigenvalue weighted by molar-refractivity contribution is 5.62. The Labute approximate surface area is 141 Å². The third-order valence-corrected chi connectivity index (χ3v) is 5.30. The van der Waals surface area contributed by atoms with Crippen LogP contribution in [0.25, 0.3) is 0 Å². The number of hydrogen-bond donors (Lipinski definition) is 1. The first-order chi connectivity index (χ1) is 11.7. The number of aryl methyl sites for hydroxylation is 1. The molecule has 0 unspecified atom stereocenters. The first-order valence-electron chi connectivity index (χ1n) is 8.48. The van der Waals surface area contributed by atoms with E-state index >= 15 is 0 Å². The first kappa shape index (κ1) is 14.9. The Balaban J connectivity index is 1.81. The number of para-hydroxylation sites is 1. The molecule has 1 heterocycles. The van der Waals surface area contributed by atoms with Gasteiger partial charge in [-0.1, -0.05) is 49.4 Å². The van der Waals surface area contributed by atoms with Crippen molar-refractivity contribution in [3.05, 3.63) is 81.4 Å². The molecule has 2 aromatic rings. The molecule has 0 spiro atoms. The molecule has 0 saturated heterocycles. The van der Waals surface area contributed by atoms with Gasteiger partial charge in [0.1, 0.15) is 0 Å². The van der Waals surface area contributed by atoms with Crippen LogP contribution in [-0.4, -0.2) is 4.92 Å². The lowest BCUT2D eigenvalue weighted by molar-refractivity contribution is -0.385. The molecule has 4 nitrogen and oxygen atoms in total. The number of allylic oxidation sites excluding steroid dienone is 2. The van der Waals surface area contributed by atoms with E-state index in [0.29, 0.717) is 11.8 Å². The van der Waals surface area contributed by atoms with Crippen molar-refractivity contribution in [1.82, 2.24) is 0 Å². The molecule has 0 aromatic heterocycles. The zero-order chi connectivity index (χ0) is 16.7. The quantitative estimate of drug-likeness (QED) is 0.493. The summed E-state index contributed by atoms with van der Waals surface area (Å²) in [6, 6.07) is 13.6. The van der Waals surface area contributed by atoms with E-state index in [1.165, 1.54) is 11.1 Å². The van der Waals surface area contributed by atoms with Crippen molar-refractivity contribution in [2.45, 2.75) is 31.7 Å². The Hall–Kier alpha value is -2.62. The summed E-state index contributed by atoms with van der Waals surface area (Å²) in [7, 11) is 0. The summed E-state index contributed by atoms with van der Waals surface area (Å²) in [6.07, 6.45) is 6.45. The van der Waals surface area contributed by atoms with Gasteiger partial charge in [-0.3, -0.25) is 10.1 Å². The molecular weight excluding hydrogens is 300 g/mol. The number of hydrogen-bond acceptors (Lipinski definition) is 3. The monoisotopic (exact) mass is 320 g/mol. The molecule has 122 valence electrons. The molecule has 1 aliphatic carbocycles. The zero-order valence-corrected chi connectivity index (χ0v) is 13.6. The van der Waals surface area contributed by atoms with Crippen molar-refractivity contribution in [1.29, 1.82) is 0 Å². The van der Waals surface area contributed by atoms with Crippen LogP contribution >= 0.6 is 0 Å². The molecule has 4 rings (SSSR count). The van der Waals surface area contributed by atoms with Crippen molar-refractivity contribution in [2.75, 3.05) is 5.32 Å². The van der Waals surface area contributed by atoms with Crippen LogP contribution in [0.5, 0.6) is 0 Å². The van der Waals surface area contributed by atoms with E-state index < -0.39 is 0 Å². The Kier molecular flexibility index (Phi) is 3.60. The van der Waals surface area contributed by atoms with E-state index in [1.54, 1.807) is 12.1 Å². The molecule has 3 atom stereocenters. The Morgan fingerprint density at radius 3 is 2.83 bits per heavy atom. The summed E-state index contributed by atoms with van der Waals surface area (Å²) in [4.78, 5) is 11.2. The normalized spacial score (nSPS) is 24.1. The molecule has 2 aliphatic rings. The number of benzene rings is 2. The number of anilines is 1. The number of rotatable bonds is 3. The predicted octanol–water partition coefficient (Wildman–Crippen LogP) is 4.98. The first-order valence-corrected chi connectivity index (χ1v) is 8.48. The maximum Gasteiger partial charge on any atom is 0.274 e. The predicted molar refractivity (Wildman–Crippen MR) is 95.3 cm³/mol. The van der Waals surface area contributed by atoms with Crippen molar-refractivity contribution in [3.63, 3.8) is 0 Å². The molecule has 0 radical (unpaired) electrons. The minimum absolute atomic E-state index is 0.0356. The van der Waals surface area contributed by atoms with Crippen LogP contribution in [0.1, 0.15) is 42.0 Å². The van der Waals surface area contributed by atoms with Crippen LogP contribution in [0, 0.1) is 16.0 Å². The van der Waals surface area contributed by atoms with Crippen molar-refractivity contribution in [2.24, 2.45) is 5.92 Å².